The number of halogens is 1. The van der Waals surface area contributed by atoms with Crippen LogP contribution in [0.25, 0.3) is 0 Å². The molecule has 0 fully saturated rings. The van der Waals surface area contributed by atoms with Gasteiger partial charge in [0.1, 0.15) is 5.75 Å². The summed E-state index contributed by atoms with van der Waals surface area (Å²) >= 11 is 3.46. The van der Waals surface area contributed by atoms with Crippen molar-refractivity contribution in [2.24, 2.45) is 0 Å². The molecular weight excluding hydrogens is 240 g/mol. The lowest BCUT2D eigenvalue weighted by atomic mass is 10.1. The largest absolute Gasteiger partial charge is 0.493 e. The molecule has 0 aliphatic rings. The molecule has 1 rings (SSSR count). The van der Waals surface area contributed by atoms with Gasteiger partial charge in [-0.3, -0.25) is 0 Å². The van der Waals surface area contributed by atoms with Gasteiger partial charge in [-0.1, -0.05) is 35.0 Å². The number of aryl methyl sites for hydroxylation is 2. The zero-order valence-corrected chi connectivity index (χ0v) is 10.6. The summed E-state index contributed by atoms with van der Waals surface area (Å²) in [7, 11) is 0. The maximum absolute atomic E-state index is 5.70. The van der Waals surface area contributed by atoms with Gasteiger partial charge in [0.15, 0.2) is 0 Å². The topological polar surface area (TPSA) is 9.23 Å². The monoisotopic (exact) mass is 256 g/mol. The van der Waals surface area contributed by atoms with Gasteiger partial charge in [0.05, 0.1) is 6.61 Å². The van der Waals surface area contributed by atoms with E-state index in [4.69, 9.17) is 4.74 Å². The molecule has 78 valence electrons. The van der Waals surface area contributed by atoms with Crippen molar-refractivity contribution in [1.29, 1.82) is 0 Å². The molecule has 0 spiro atoms. The molecule has 1 aromatic rings. The van der Waals surface area contributed by atoms with E-state index in [1.54, 1.807) is 0 Å². The van der Waals surface area contributed by atoms with Crippen molar-refractivity contribution in [2.45, 2.75) is 32.5 Å². The van der Waals surface area contributed by atoms with Crippen LogP contribution in [-0.4, -0.2) is 6.61 Å². The second-order valence-corrected chi connectivity index (χ2v) is 4.10. The minimum absolute atomic E-state index is 0.801. The Hall–Kier alpha value is -0.500. The zero-order chi connectivity index (χ0) is 10.6. The van der Waals surface area contributed by atoms with Gasteiger partial charge in [-0.25, -0.2) is 0 Å². The van der Waals surface area contributed by atoms with Crippen molar-refractivity contribution in [3.8, 4) is 5.75 Å². The van der Waals surface area contributed by atoms with Crippen molar-refractivity contribution in [1.82, 2.24) is 0 Å². The number of ether oxygens (including phenoxy) is 1. The summed E-state index contributed by atoms with van der Waals surface area (Å²) in [6, 6.07) is 4.35. The first-order valence-corrected chi connectivity index (χ1v) is 6.10. The summed E-state index contributed by atoms with van der Waals surface area (Å²) in [6.07, 6.45) is 1.05. The van der Waals surface area contributed by atoms with Crippen molar-refractivity contribution >= 4 is 15.9 Å². The molecule has 14 heavy (non-hydrogen) atoms. The molecule has 0 radical (unpaired) electrons. The summed E-state index contributed by atoms with van der Waals surface area (Å²) in [5.74, 6) is 1.05. The maximum atomic E-state index is 5.70. The predicted octanol–water partition coefficient (Wildman–Crippen LogP) is 3.99. The van der Waals surface area contributed by atoms with Crippen LogP contribution in [0.4, 0.5) is 0 Å². The van der Waals surface area contributed by atoms with Crippen LogP contribution in [0.3, 0.4) is 0 Å². The van der Waals surface area contributed by atoms with E-state index in [1.165, 1.54) is 16.7 Å². The van der Waals surface area contributed by atoms with Gasteiger partial charge >= 0.3 is 0 Å². The van der Waals surface area contributed by atoms with E-state index < -0.39 is 0 Å². The molecule has 0 saturated heterocycles. The van der Waals surface area contributed by atoms with Gasteiger partial charge in [-0.15, -0.1) is 0 Å². The van der Waals surface area contributed by atoms with Crippen molar-refractivity contribution in [3.63, 3.8) is 0 Å². The summed E-state index contributed by atoms with van der Waals surface area (Å²) in [4.78, 5) is 0. The molecular formula is C12H17BrO. The third-order valence-electron chi connectivity index (χ3n) is 2.12. The molecule has 1 nitrogen and oxygen atoms in total. The Labute approximate surface area is 94.6 Å². The second kappa shape index (κ2) is 5.40. The van der Waals surface area contributed by atoms with Gasteiger partial charge in [-0.2, -0.15) is 0 Å². The molecule has 0 heterocycles. The summed E-state index contributed by atoms with van der Waals surface area (Å²) in [5, 5.41) is 0.905. The molecule has 0 aliphatic heterocycles. The third-order valence-corrected chi connectivity index (χ3v) is 2.77. The Balaban J connectivity index is 2.93. The van der Waals surface area contributed by atoms with E-state index in [1.807, 2.05) is 0 Å². The fraction of sp³-hybridized carbons (Fsp3) is 0.500. The van der Waals surface area contributed by atoms with Crippen LogP contribution in [0.15, 0.2) is 12.1 Å². The second-order valence-electron chi connectivity index (χ2n) is 3.54. The van der Waals surface area contributed by atoms with Crippen LogP contribution in [0, 0.1) is 13.8 Å². The average molecular weight is 257 g/mol. The Kier molecular flexibility index (Phi) is 4.46. The number of hydrogen-bond acceptors (Lipinski definition) is 1. The van der Waals surface area contributed by atoms with E-state index in [9.17, 15) is 0 Å². The first kappa shape index (κ1) is 11.6. The normalized spacial score (nSPS) is 10.3. The SMILES string of the molecule is CCCOc1c(C)cc(CBr)cc1C. The van der Waals surface area contributed by atoms with E-state index in [0.717, 1.165) is 24.1 Å². The first-order valence-electron chi connectivity index (χ1n) is 4.98. The van der Waals surface area contributed by atoms with Crippen LogP contribution in [0.5, 0.6) is 5.75 Å². The number of rotatable bonds is 4. The molecule has 0 amide bonds. The minimum atomic E-state index is 0.801. The summed E-state index contributed by atoms with van der Waals surface area (Å²) < 4.78 is 5.70. The molecule has 0 saturated carbocycles. The van der Waals surface area contributed by atoms with Crippen LogP contribution in [0.1, 0.15) is 30.0 Å². The molecule has 0 aromatic heterocycles. The Morgan fingerprint density at radius 3 is 2.21 bits per heavy atom. The van der Waals surface area contributed by atoms with Gasteiger partial charge in [0.2, 0.25) is 0 Å². The summed E-state index contributed by atoms with van der Waals surface area (Å²) in [5.41, 5.74) is 3.77. The molecule has 1 aromatic carbocycles. The molecule has 2 heteroatoms. The van der Waals surface area contributed by atoms with Gasteiger partial charge in [0.25, 0.3) is 0 Å². The number of alkyl halides is 1. The maximum Gasteiger partial charge on any atom is 0.125 e. The third kappa shape index (κ3) is 2.74. The zero-order valence-electron chi connectivity index (χ0n) is 9.06. The Bertz CT molecular complexity index is 284. The molecule has 0 unspecified atom stereocenters. The van der Waals surface area contributed by atoms with Crippen LogP contribution in [0.2, 0.25) is 0 Å². The highest BCUT2D eigenvalue weighted by Gasteiger charge is 2.05. The van der Waals surface area contributed by atoms with Crippen molar-refractivity contribution < 1.29 is 4.74 Å². The number of benzene rings is 1. The fourth-order valence-electron chi connectivity index (χ4n) is 1.55. The molecule has 0 aliphatic carbocycles. The smallest absolute Gasteiger partial charge is 0.125 e. The van der Waals surface area contributed by atoms with Crippen molar-refractivity contribution in [3.05, 3.63) is 28.8 Å². The molecule has 0 atom stereocenters. The van der Waals surface area contributed by atoms with Gasteiger partial charge in [-0.05, 0) is 37.0 Å². The average Bonchev–Trinajstić information content (AvgIpc) is 2.16. The van der Waals surface area contributed by atoms with Crippen LogP contribution < -0.4 is 4.74 Å². The van der Waals surface area contributed by atoms with Gasteiger partial charge in [0, 0.05) is 5.33 Å². The predicted molar refractivity (Wildman–Crippen MR) is 64.3 cm³/mol. The fourth-order valence-corrected chi connectivity index (χ4v) is 1.87. The lowest BCUT2D eigenvalue weighted by Crippen LogP contribution is -1.99. The Morgan fingerprint density at radius 1 is 1.21 bits per heavy atom. The Morgan fingerprint density at radius 2 is 1.79 bits per heavy atom. The minimum Gasteiger partial charge on any atom is -0.493 e. The van der Waals surface area contributed by atoms with E-state index in [0.29, 0.717) is 0 Å². The standard InChI is InChI=1S/C12H17BrO/c1-4-5-14-12-9(2)6-11(8-13)7-10(12)3/h6-7H,4-5,8H2,1-3H3. The molecule has 0 bridgehead atoms. The van der Waals surface area contributed by atoms with E-state index >= 15 is 0 Å². The summed E-state index contributed by atoms with van der Waals surface area (Å²) in [6.45, 7) is 7.13. The quantitative estimate of drug-likeness (QED) is 0.741. The number of hydrogen-bond donors (Lipinski definition) is 0. The highest BCUT2D eigenvalue weighted by Crippen LogP contribution is 2.25. The van der Waals surface area contributed by atoms with Crippen molar-refractivity contribution in [2.75, 3.05) is 6.61 Å². The lowest BCUT2D eigenvalue weighted by molar-refractivity contribution is 0.313. The lowest BCUT2D eigenvalue weighted by Gasteiger charge is -2.12. The first-order chi connectivity index (χ1) is 6.69. The van der Waals surface area contributed by atoms with E-state index in [-0.39, 0.29) is 0 Å². The van der Waals surface area contributed by atoms with Gasteiger partial charge < -0.3 is 4.74 Å². The van der Waals surface area contributed by atoms with E-state index in [2.05, 4.69) is 48.8 Å². The molecule has 0 N–H and O–H groups in total. The van der Waals surface area contributed by atoms with Crippen LogP contribution >= 0.6 is 15.9 Å². The highest BCUT2D eigenvalue weighted by molar-refractivity contribution is 9.08. The highest BCUT2D eigenvalue weighted by atomic mass is 79.9. The van der Waals surface area contributed by atoms with Crippen LogP contribution in [-0.2, 0) is 5.33 Å².